The molecule has 2 heterocycles. The Morgan fingerprint density at radius 2 is 1.92 bits per heavy atom. The van der Waals surface area contributed by atoms with E-state index >= 15 is 0 Å². The zero-order chi connectivity index (χ0) is 17.1. The Kier molecular flexibility index (Phi) is 4.79. The largest absolute Gasteiger partial charge is 0.338 e. The van der Waals surface area contributed by atoms with Gasteiger partial charge in [-0.1, -0.05) is 30.3 Å². The van der Waals surface area contributed by atoms with Gasteiger partial charge >= 0.3 is 0 Å². The zero-order valence-corrected chi connectivity index (χ0v) is 14.2. The molecule has 1 aromatic heterocycles. The van der Waals surface area contributed by atoms with Crippen molar-refractivity contribution in [3.05, 3.63) is 52.8 Å². The summed E-state index contributed by atoms with van der Waals surface area (Å²) in [6, 6.07) is 12.5. The molecule has 2 aromatic rings. The monoisotopic (exact) mass is 325 g/mol. The molecule has 126 valence electrons. The molecule has 5 heteroatoms. The second kappa shape index (κ2) is 6.99. The lowest BCUT2D eigenvalue weighted by molar-refractivity contribution is -0.138. The van der Waals surface area contributed by atoms with E-state index in [0.29, 0.717) is 5.69 Å². The standard InChI is InChI=1S/C19H23N3O2/c1-14-8-6-7-13-21(14)19(24)15(2)22-18(23)12-11-17(20-22)16-9-4-3-5-10-16/h3-5,9-12,14-15H,6-8,13H2,1-2H3. The minimum absolute atomic E-state index is 0.0259. The van der Waals surface area contributed by atoms with Gasteiger partial charge in [-0.05, 0) is 39.2 Å². The maximum absolute atomic E-state index is 12.8. The van der Waals surface area contributed by atoms with E-state index in [0.717, 1.165) is 31.4 Å². The molecule has 0 bridgehead atoms. The highest BCUT2D eigenvalue weighted by molar-refractivity contribution is 5.80. The fraction of sp³-hybridized carbons (Fsp3) is 0.421. The second-order valence-corrected chi connectivity index (χ2v) is 6.42. The number of hydrogen-bond donors (Lipinski definition) is 0. The van der Waals surface area contributed by atoms with Crippen LogP contribution in [0.3, 0.4) is 0 Å². The highest BCUT2D eigenvalue weighted by Crippen LogP contribution is 2.21. The van der Waals surface area contributed by atoms with E-state index in [1.54, 1.807) is 13.0 Å². The Morgan fingerprint density at radius 1 is 1.17 bits per heavy atom. The number of likely N-dealkylation sites (tertiary alicyclic amines) is 1. The van der Waals surface area contributed by atoms with Crippen LogP contribution in [0, 0.1) is 0 Å². The van der Waals surface area contributed by atoms with Crippen LogP contribution >= 0.6 is 0 Å². The quantitative estimate of drug-likeness (QED) is 0.872. The van der Waals surface area contributed by atoms with E-state index in [1.807, 2.05) is 35.2 Å². The van der Waals surface area contributed by atoms with Gasteiger partial charge in [-0.15, -0.1) is 0 Å². The topological polar surface area (TPSA) is 55.2 Å². The van der Waals surface area contributed by atoms with Crippen molar-refractivity contribution in [2.45, 2.75) is 45.2 Å². The highest BCUT2D eigenvalue weighted by Gasteiger charge is 2.28. The molecule has 3 rings (SSSR count). The number of rotatable bonds is 3. The summed E-state index contributed by atoms with van der Waals surface area (Å²) < 4.78 is 1.31. The molecule has 24 heavy (non-hydrogen) atoms. The second-order valence-electron chi connectivity index (χ2n) is 6.42. The van der Waals surface area contributed by atoms with Gasteiger partial charge in [0, 0.05) is 24.2 Å². The van der Waals surface area contributed by atoms with E-state index in [9.17, 15) is 9.59 Å². The van der Waals surface area contributed by atoms with Crippen LogP contribution in [0.1, 0.15) is 39.2 Å². The predicted molar refractivity (Wildman–Crippen MR) is 93.7 cm³/mol. The van der Waals surface area contributed by atoms with E-state index in [-0.39, 0.29) is 17.5 Å². The van der Waals surface area contributed by atoms with Crippen molar-refractivity contribution in [1.29, 1.82) is 0 Å². The summed E-state index contributed by atoms with van der Waals surface area (Å²) in [4.78, 5) is 27.0. The smallest absolute Gasteiger partial charge is 0.267 e. The van der Waals surface area contributed by atoms with Crippen LogP contribution in [-0.4, -0.2) is 33.2 Å². The van der Waals surface area contributed by atoms with Gasteiger partial charge in [0.05, 0.1) is 5.69 Å². The number of benzene rings is 1. The van der Waals surface area contributed by atoms with Gasteiger partial charge < -0.3 is 4.90 Å². The highest BCUT2D eigenvalue weighted by atomic mass is 16.2. The fourth-order valence-electron chi connectivity index (χ4n) is 3.24. The third-order valence-electron chi connectivity index (χ3n) is 4.70. The molecule has 2 atom stereocenters. The molecule has 1 saturated heterocycles. The first-order valence-corrected chi connectivity index (χ1v) is 8.53. The van der Waals surface area contributed by atoms with Gasteiger partial charge in [0.2, 0.25) is 5.91 Å². The lowest BCUT2D eigenvalue weighted by Crippen LogP contribution is -2.46. The molecule has 1 aliphatic heterocycles. The molecule has 5 nitrogen and oxygen atoms in total. The Balaban J connectivity index is 1.90. The SMILES string of the molecule is CC1CCCCN1C(=O)C(C)n1nc(-c2ccccc2)ccc1=O. The minimum atomic E-state index is -0.596. The van der Waals surface area contributed by atoms with Crippen LogP contribution in [0.25, 0.3) is 11.3 Å². The molecule has 0 N–H and O–H groups in total. The van der Waals surface area contributed by atoms with Crippen LogP contribution in [0.5, 0.6) is 0 Å². The number of carbonyl (C=O) groups is 1. The van der Waals surface area contributed by atoms with E-state index < -0.39 is 6.04 Å². The lowest BCUT2D eigenvalue weighted by atomic mass is 10.0. The summed E-state index contributed by atoms with van der Waals surface area (Å²) in [6.45, 7) is 4.59. The summed E-state index contributed by atoms with van der Waals surface area (Å²) in [5.41, 5.74) is 1.37. The van der Waals surface area contributed by atoms with E-state index in [4.69, 9.17) is 0 Å². The van der Waals surface area contributed by atoms with Crippen LogP contribution in [-0.2, 0) is 4.79 Å². The number of nitrogens with zero attached hydrogens (tertiary/aromatic N) is 3. The summed E-state index contributed by atoms with van der Waals surface area (Å²) in [7, 11) is 0. The molecule has 1 fully saturated rings. The molecule has 0 radical (unpaired) electrons. The van der Waals surface area contributed by atoms with Crippen LogP contribution in [0.2, 0.25) is 0 Å². The normalized spacial score (nSPS) is 19.1. The summed E-state index contributed by atoms with van der Waals surface area (Å²) in [5.74, 6) is -0.0259. The van der Waals surface area contributed by atoms with Gasteiger partial charge in [0.25, 0.3) is 5.56 Å². The molecule has 1 amide bonds. The van der Waals surface area contributed by atoms with Gasteiger partial charge in [-0.25, -0.2) is 4.68 Å². The first kappa shape index (κ1) is 16.4. The first-order chi connectivity index (χ1) is 11.6. The minimum Gasteiger partial charge on any atom is -0.338 e. The molecule has 1 aromatic carbocycles. The molecule has 1 aliphatic rings. The van der Waals surface area contributed by atoms with Crippen molar-refractivity contribution in [2.24, 2.45) is 0 Å². The molecular formula is C19H23N3O2. The molecular weight excluding hydrogens is 302 g/mol. The maximum Gasteiger partial charge on any atom is 0.267 e. The number of piperidine rings is 1. The van der Waals surface area contributed by atoms with Crippen molar-refractivity contribution in [1.82, 2.24) is 14.7 Å². The summed E-state index contributed by atoms with van der Waals surface area (Å²) in [6.07, 6.45) is 3.20. The van der Waals surface area contributed by atoms with E-state index in [2.05, 4.69) is 12.0 Å². The number of hydrogen-bond acceptors (Lipinski definition) is 3. The summed E-state index contributed by atoms with van der Waals surface area (Å²) in [5, 5.41) is 4.44. The van der Waals surface area contributed by atoms with Crippen LogP contribution in [0.15, 0.2) is 47.3 Å². The zero-order valence-electron chi connectivity index (χ0n) is 14.2. The van der Waals surface area contributed by atoms with Gasteiger partial charge in [0.15, 0.2) is 0 Å². The van der Waals surface area contributed by atoms with Crippen LogP contribution < -0.4 is 5.56 Å². The van der Waals surface area contributed by atoms with Crippen molar-refractivity contribution < 1.29 is 4.79 Å². The van der Waals surface area contributed by atoms with Gasteiger partial charge in [-0.3, -0.25) is 9.59 Å². The molecule has 0 aliphatic carbocycles. The predicted octanol–water partition coefficient (Wildman–Crippen LogP) is 2.87. The molecule has 2 unspecified atom stereocenters. The van der Waals surface area contributed by atoms with Crippen molar-refractivity contribution in [3.63, 3.8) is 0 Å². The van der Waals surface area contributed by atoms with Crippen molar-refractivity contribution in [2.75, 3.05) is 6.54 Å². The van der Waals surface area contributed by atoms with Gasteiger partial charge in [0.1, 0.15) is 6.04 Å². The van der Waals surface area contributed by atoms with E-state index in [1.165, 1.54) is 10.7 Å². The third kappa shape index (κ3) is 3.25. The molecule has 0 spiro atoms. The Morgan fingerprint density at radius 3 is 2.62 bits per heavy atom. The molecule has 0 saturated carbocycles. The Labute approximate surface area is 141 Å². The third-order valence-corrected chi connectivity index (χ3v) is 4.70. The van der Waals surface area contributed by atoms with Crippen LogP contribution in [0.4, 0.5) is 0 Å². The average molecular weight is 325 g/mol. The average Bonchev–Trinajstić information content (AvgIpc) is 2.62. The lowest BCUT2D eigenvalue weighted by Gasteiger charge is -2.35. The van der Waals surface area contributed by atoms with Gasteiger partial charge in [-0.2, -0.15) is 5.10 Å². The fourth-order valence-corrected chi connectivity index (χ4v) is 3.24. The Bertz CT molecular complexity index is 770. The first-order valence-electron chi connectivity index (χ1n) is 8.53. The number of carbonyl (C=O) groups excluding carboxylic acids is 1. The number of aromatic nitrogens is 2. The maximum atomic E-state index is 12.8. The van der Waals surface area contributed by atoms with Crippen molar-refractivity contribution >= 4 is 5.91 Å². The van der Waals surface area contributed by atoms with Crippen molar-refractivity contribution in [3.8, 4) is 11.3 Å². The number of amides is 1. The Hall–Kier alpha value is -2.43. The summed E-state index contributed by atoms with van der Waals surface area (Å²) >= 11 is 0.